The van der Waals surface area contributed by atoms with E-state index in [4.69, 9.17) is 5.73 Å². The van der Waals surface area contributed by atoms with Crippen molar-refractivity contribution in [1.29, 1.82) is 0 Å². The van der Waals surface area contributed by atoms with Crippen LogP contribution in [0.15, 0.2) is 48.8 Å². The molecule has 8 heteroatoms. The average Bonchev–Trinajstić information content (AvgIpc) is 2.72. The molecule has 2 aromatic carbocycles. The monoisotopic (exact) mass is 445 g/mol. The van der Waals surface area contributed by atoms with Crippen LogP contribution >= 0.6 is 0 Å². The van der Waals surface area contributed by atoms with Crippen molar-refractivity contribution >= 4 is 5.69 Å². The van der Waals surface area contributed by atoms with Crippen LogP contribution in [0.5, 0.6) is 5.75 Å². The largest absolute Gasteiger partial charge is 0.507 e. The van der Waals surface area contributed by atoms with E-state index in [2.05, 4.69) is 9.88 Å². The molecule has 1 saturated heterocycles. The maximum absolute atomic E-state index is 14.2. The second-order valence-electron chi connectivity index (χ2n) is 8.15. The molecule has 168 valence electrons. The number of aromatic hydroxyl groups is 1. The minimum absolute atomic E-state index is 0.0755. The zero-order chi connectivity index (χ0) is 23.0. The summed E-state index contributed by atoms with van der Waals surface area (Å²) >= 11 is 0. The van der Waals surface area contributed by atoms with Crippen LogP contribution in [-0.4, -0.2) is 29.2 Å². The molecule has 0 spiro atoms. The van der Waals surface area contributed by atoms with Gasteiger partial charge in [-0.25, -0.2) is 4.39 Å². The van der Waals surface area contributed by atoms with Crippen LogP contribution in [0.1, 0.15) is 24.0 Å². The molecule has 0 saturated carbocycles. The van der Waals surface area contributed by atoms with Gasteiger partial charge in [0.1, 0.15) is 11.6 Å². The molecule has 1 aliphatic rings. The van der Waals surface area contributed by atoms with E-state index in [0.29, 0.717) is 35.3 Å². The van der Waals surface area contributed by atoms with Gasteiger partial charge in [-0.3, -0.25) is 4.98 Å². The van der Waals surface area contributed by atoms with E-state index in [1.54, 1.807) is 19.3 Å². The number of alkyl halides is 3. The highest BCUT2D eigenvalue weighted by atomic mass is 19.4. The third-order valence-corrected chi connectivity index (χ3v) is 5.74. The summed E-state index contributed by atoms with van der Waals surface area (Å²) in [6, 6.07) is 8.03. The van der Waals surface area contributed by atoms with E-state index in [1.807, 2.05) is 6.07 Å². The first-order valence-electron chi connectivity index (χ1n) is 10.3. The third-order valence-electron chi connectivity index (χ3n) is 5.74. The second-order valence-corrected chi connectivity index (χ2v) is 8.15. The zero-order valence-corrected chi connectivity index (χ0v) is 17.5. The number of anilines is 1. The van der Waals surface area contributed by atoms with Crippen molar-refractivity contribution in [3.8, 4) is 28.0 Å². The maximum atomic E-state index is 14.2. The number of phenols is 1. The van der Waals surface area contributed by atoms with Gasteiger partial charge in [0.05, 0.1) is 11.3 Å². The molecule has 1 aliphatic heterocycles. The van der Waals surface area contributed by atoms with Crippen LogP contribution in [0, 0.1) is 12.7 Å². The lowest BCUT2D eigenvalue weighted by molar-refractivity contribution is -0.138. The highest BCUT2D eigenvalue weighted by Crippen LogP contribution is 2.43. The summed E-state index contributed by atoms with van der Waals surface area (Å²) in [5, 5.41) is 10.1. The summed E-state index contributed by atoms with van der Waals surface area (Å²) in [6.07, 6.45) is 0.0318. The van der Waals surface area contributed by atoms with Gasteiger partial charge in [0, 0.05) is 42.7 Å². The highest BCUT2D eigenvalue weighted by molar-refractivity contribution is 5.90. The molecule has 1 fully saturated rings. The zero-order valence-electron chi connectivity index (χ0n) is 17.5. The van der Waals surface area contributed by atoms with Crippen LogP contribution in [0.3, 0.4) is 0 Å². The van der Waals surface area contributed by atoms with Crippen molar-refractivity contribution in [2.24, 2.45) is 5.73 Å². The van der Waals surface area contributed by atoms with Crippen LogP contribution < -0.4 is 10.6 Å². The summed E-state index contributed by atoms with van der Waals surface area (Å²) < 4.78 is 53.5. The molecule has 0 atom stereocenters. The number of phenolic OH excluding ortho intramolecular Hbond substituents is 1. The van der Waals surface area contributed by atoms with Gasteiger partial charge in [-0.1, -0.05) is 12.1 Å². The van der Waals surface area contributed by atoms with Gasteiger partial charge in [-0.15, -0.1) is 0 Å². The minimum atomic E-state index is -4.66. The van der Waals surface area contributed by atoms with E-state index in [1.165, 1.54) is 18.2 Å². The standard InChI is InChI=1S/C24H23F4N3O/c1-14-8-16(10-17(25)9-14)20-13-30-12-19(23(20)31-6-4-18(29)5-7-31)15-2-3-21(22(32)11-15)24(26,27)28/h2-3,8-13,18,32H,4-7,29H2,1H3. The average molecular weight is 445 g/mol. The fourth-order valence-corrected chi connectivity index (χ4v) is 4.17. The van der Waals surface area contributed by atoms with Gasteiger partial charge in [-0.2, -0.15) is 13.2 Å². The Kier molecular flexibility index (Phi) is 5.81. The molecule has 0 aliphatic carbocycles. The number of piperidine rings is 1. The number of halogens is 4. The van der Waals surface area contributed by atoms with E-state index in [-0.39, 0.29) is 11.9 Å². The van der Waals surface area contributed by atoms with Crippen molar-refractivity contribution < 1.29 is 22.7 Å². The molecule has 0 radical (unpaired) electrons. The first-order chi connectivity index (χ1) is 15.1. The summed E-state index contributed by atoms with van der Waals surface area (Å²) in [6.45, 7) is 3.08. The molecule has 3 N–H and O–H groups in total. The van der Waals surface area contributed by atoms with Gasteiger partial charge in [0.15, 0.2) is 0 Å². The lowest BCUT2D eigenvalue weighted by Crippen LogP contribution is -2.40. The smallest absolute Gasteiger partial charge is 0.419 e. The number of nitrogens with zero attached hydrogens (tertiary/aromatic N) is 2. The number of aryl methyl sites for hydroxylation is 1. The van der Waals surface area contributed by atoms with Crippen molar-refractivity contribution in [2.45, 2.75) is 32.0 Å². The Morgan fingerprint density at radius 2 is 1.66 bits per heavy atom. The Balaban J connectivity index is 1.90. The quantitative estimate of drug-likeness (QED) is 0.522. The van der Waals surface area contributed by atoms with Crippen LogP contribution in [0.2, 0.25) is 0 Å². The Morgan fingerprint density at radius 1 is 1.00 bits per heavy atom. The van der Waals surface area contributed by atoms with Crippen molar-refractivity contribution in [3.63, 3.8) is 0 Å². The van der Waals surface area contributed by atoms with Crippen LogP contribution in [-0.2, 0) is 6.18 Å². The predicted molar refractivity (Wildman–Crippen MR) is 116 cm³/mol. The number of hydrogen-bond acceptors (Lipinski definition) is 4. The molecular formula is C24H23F4N3O. The number of hydrogen-bond donors (Lipinski definition) is 2. The number of pyridine rings is 1. The maximum Gasteiger partial charge on any atom is 0.419 e. The van der Waals surface area contributed by atoms with Crippen molar-refractivity contribution in [2.75, 3.05) is 18.0 Å². The Hall–Kier alpha value is -3.13. The molecule has 2 heterocycles. The SMILES string of the molecule is Cc1cc(F)cc(-c2cncc(-c3ccc(C(F)(F)F)c(O)c3)c2N2CCC(N)CC2)c1. The van der Waals surface area contributed by atoms with Crippen molar-refractivity contribution in [1.82, 2.24) is 4.98 Å². The number of benzene rings is 2. The molecule has 0 amide bonds. The number of rotatable bonds is 3. The molecule has 1 aromatic heterocycles. The Morgan fingerprint density at radius 3 is 2.25 bits per heavy atom. The second kappa shape index (κ2) is 8.43. The Bertz CT molecular complexity index is 1120. The summed E-state index contributed by atoms with van der Waals surface area (Å²) in [4.78, 5) is 6.39. The normalized spacial score (nSPS) is 15.2. The number of nitrogens with two attached hydrogens (primary N) is 1. The lowest BCUT2D eigenvalue weighted by Gasteiger charge is -2.35. The summed E-state index contributed by atoms with van der Waals surface area (Å²) in [5.41, 5.74) is 8.67. The molecule has 0 bridgehead atoms. The molecular weight excluding hydrogens is 422 g/mol. The first-order valence-corrected chi connectivity index (χ1v) is 10.3. The summed E-state index contributed by atoms with van der Waals surface area (Å²) in [5.74, 6) is -1.24. The topological polar surface area (TPSA) is 62.4 Å². The van der Waals surface area contributed by atoms with Crippen LogP contribution in [0.4, 0.5) is 23.2 Å². The van der Waals surface area contributed by atoms with Gasteiger partial charge in [0.2, 0.25) is 0 Å². The first kappa shape index (κ1) is 22.1. The van der Waals surface area contributed by atoms with E-state index in [0.717, 1.165) is 36.2 Å². The molecule has 3 aromatic rings. The highest BCUT2D eigenvalue weighted by Gasteiger charge is 2.34. The van der Waals surface area contributed by atoms with Crippen molar-refractivity contribution in [3.05, 3.63) is 65.7 Å². The third kappa shape index (κ3) is 4.41. The van der Waals surface area contributed by atoms with Gasteiger partial charge >= 0.3 is 6.18 Å². The molecule has 4 nitrogen and oxygen atoms in total. The molecule has 4 rings (SSSR count). The fraction of sp³-hybridized carbons (Fsp3) is 0.292. The van der Waals surface area contributed by atoms with E-state index in [9.17, 15) is 22.7 Å². The van der Waals surface area contributed by atoms with E-state index >= 15 is 0 Å². The van der Waals surface area contributed by atoms with Gasteiger partial charge in [0.25, 0.3) is 0 Å². The fourth-order valence-electron chi connectivity index (χ4n) is 4.17. The lowest BCUT2D eigenvalue weighted by atomic mass is 9.94. The number of aromatic nitrogens is 1. The van der Waals surface area contributed by atoms with Crippen LogP contribution in [0.25, 0.3) is 22.3 Å². The minimum Gasteiger partial charge on any atom is -0.507 e. The van der Waals surface area contributed by atoms with E-state index < -0.39 is 17.5 Å². The Labute approximate surface area is 183 Å². The molecule has 0 unspecified atom stereocenters. The molecule has 32 heavy (non-hydrogen) atoms. The van der Waals surface area contributed by atoms with Gasteiger partial charge < -0.3 is 15.7 Å². The predicted octanol–water partition coefficient (Wildman–Crippen LogP) is 5.52. The summed E-state index contributed by atoms with van der Waals surface area (Å²) in [7, 11) is 0. The van der Waals surface area contributed by atoms with Gasteiger partial charge in [-0.05, 0) is 60.7 Å².